The molecule has 0 aliphatic heterocycles. The number of rotatable bonds is 3. The Labute approximate surface area is 91.6 Å². The predicted octanol–water partition coefficient (Wildman–Crippen LogP) is 1.07. The number of allylic oxidation sites excluding steroid dienone is 1. The minimum Gasteiger partial charge on any atom is -0.465 e. The molecule has 12 heavy (non-hydrogen) atoms. The number of methoxy groups -OCH3 is 1. The summed E-state index contributed by atoms with van der Waals surface area (Å²) in [7, 11) is 1.24. The first-order valence-electron chi connectivity index (χ1n) is 3.01. The first-order valence-corrected chi connectivity index (χ1v) is 4.13. The molecule has 0 unspecified atom stereocenters. The molecule has 0 saturated heterocycles. The Kier molecular flexibility index (Phi) is 9.15. The molecule has 5 heteroatoms. The second-order valence-electron chi connectivity index (χ2n) is 1.75. The molecule has 0 aromatic rings. The molecule has 67 valence electrons. The number of hydrogen-bond acceptors (Lipinski definition) is 3. The van der Waals surface area contributed by atoms with E-state index in [9.17, 15) is 9.59 Å². The maximum Gasteiger partial charge on any atom is 0.341 e. The van der Waals surface area contributed by atoms with Gasteiger partial charge in [0.2, 0.25) is 0 Å². The molecule has 0 spiro atoms. The summed E-state index contributed by atoms with van der Waals surface area (Å²) in [6.07, 6.45) is 1.44. The topological polar surface area (TPSA) is 43.4 Å². The van der Waals surface area contributed by atoms with Crippen LogP contribution in [0.5, 0.6) is 0 Å². The molecule has 0 fully saturated rings. The van der Waals surface area contributed by atoms with Crippen LogP contribution in [0, 0.1) is 0 Å². The Balaban J connectivity index is 0. The predicted molar refractivity (Wildman–Crippen MR) is 44.6 cm³/mol. The minimum absolute atomic E-state index is 0. The summed E-state index contributed by atoms with van der Waals surface area (Å²) in [5, 5.41) is 0.141. The second kappa shape index (κ2) is 7.59. The van der Waals surface area contributed by atoms with Crippen molar-refractivity contribution in [1.82, 2.24) is 0 Å². The van der Waals surface area contributed by atoms with Crippen molar-refractivity contribution in [3.05, 3.63) is 11.6 Å². The minimum atomic E-state index is -0.586. The van der Waals surface area contributed by atoms with Crippen LogP contribution in [0.3, 0.4) is 0 Å². The van der Waals surface area contributed by atoms with Gasteiger partial charge >= 0.3 is 5.97 Å². The number of esters is 1. The molecular weight excluding hydrogens is 263 g/mol. The second-order valence-corrected chi connectivity index (χ2v) is 2.31. The van der Waals surface area contributed by atoms with Crippen LogP contribution >= 0.6 is 15.9 Å². The van der Waals surface area contributed by atoms with Gasteiger partial charge in [-0.3, -0.25) is 4.79 Å². The third-order valence-electron chi connectivity index (χ3n) is 1.12. The van der Waals surface area contributed by atoms with Gasteiger partial charge in [-0.2, -0.15) is 0 Å². The van der Waals surface area contributed by atoms with Crippen LogP contribution in [0.4, 0.5) is 0 Å². The fraction of sp³-hybridized carbons (Fsp3) is 0.429. The van der Waals surface area contributed by atoms with E-state index in [0.717, 1.165) is 0 Å². The average molecular weight is 272 g/mol. The number of carbonyl (C=O) groups is 2. The molecule has 0 aliphatic carbocycles. The van der Waals surface area contributed by atoms with E-state index < -0.39 is 5.97 Å². The smallest absolute Gasteiger partial charge is 0.341 e. The molecule has 0 aliphatic rings. The fourth-order valence-corrected chi connectivity index (χ4v) is 0.877. The Morgan fingerprint density at radius 1 is 1.50 bits per heavy atom. The van der Waals surface area contributed by atoms with Gasteiger partial charge in [-0.1, -0.05) is 22.0 Å². The SMILES string of the molecule is CC=C(C(=O)CBr)C(=O)OC.[V]. The van der Waals surface area contributed by atoms with E-state index in [4.69, 9.17) is 0 Å². The van der Waals surface area contributed by atoms with Gasteiger partial charge in [0.25, 0.3) is 0 Å². The molecule has 1 radical (unpaired) electrons. The van der Waals surface area contributed by atoms with Crippen molar-refractivity contribution in [2.75, 3.05) is 12.4 Å². The standard InChI is InChI=1S/C7H9BrO3.V/c1-3-5(6(9)4-8)7(10)11-2;/h3H,4H2,1-2H3;. The van der Waals surface area contributed by atoms with E-state index in [-0.39, 0.29) is 35.2 Å². The van der Waals surface area contributed by atoms with Gasteiger partial charge in [0.05, 0.1) is 18.0 Å². The van der Waals surface area contributed by atoms with Crippen LogP contribution in [0.1, 0.15) is 6.92 Å². The van der Waals surface area contributed by atoms with Crippen LogP contribution in [0.2, 0.25) is 0 Å². The largest absolute Gasteiger partial charge is 0.465 e. The molecule has 0 rings (SSSR count). The molecule has 0 N–H and O–H groups in total. The van der Waals surface area contributed by atoms with Crippen LogP contribution in [0.25, 0.3) is 0 Å². The number of ether oxygens (including phenoxy) is 1. The summed E-state index contributed by atoms with van der Waals surface area (Å²) in [6.45, 7) is 1.62. The summed E-state index contributed by atoms with van der Waals surface area (Å²) < 4.78 is 4.38. The average Bonchev–Trinajstić information content (AvgIpc) is 2.05. The van der Waals surface area contributed by atoms with Gasteiger partial charge in [0, 0.05) is 18.6 Å². The van der Waals surface area contributed by atoms with Crippen molar-refractivity contribution in [1.29, 1.82) is 0 Å². The third-order valence-corrected chi connectivity index (χ3v) is 1.63. The first kappa shape index (κ1) is 14.5. The molecule has 0 atom stereocenters. The van der Waals surface area contributed by atoms with E-state index in [0.29, 0.717) is 0 Å². The molecule has 0 aromatic carbocycles. The first-order chi connectivity index (χ1) is 5.17. The number of carbonyl (C=O) groups excluding carboxylic acids is 2. The summed E-state index contributed by atoms with van der Waals surface area (Å²) in [5.74, 6) is -0.851. The van der Waals surface area contributed by atoms with Crippen LogP contribution in [0.15, 0.2) is 11.6 Å². The fourth-order valence-electron chi connectivity index (χ4n) is 0.575. The third kappa shape index (κ3) is 4.09. The quantitative estimate of drug-likeness (QED) is 0.254. The number of hydrogen-bond donors (Lipinski definition) is 0. The van der Waals surface area contributed by atoms with E-state index in [1.807, 2.05) is 0 Å². The summed E-state index contributed by atoms with van der Waals surface area (Å²) in [5.41, 5.74) is 0.0874. The molecule has 0 heterocycles. The van der Waals surface area contributed by atoms with Crippen molar-refractivity contribution in [2.24, 2.45) is 0 Å². The van der Waals surface area contributed by atoms with Gasteiger partial charge in [-0.15, -0.1) is 0 Å². The van der Waals surface area contributed by atoms with Crippen LogP contribution in [-0.2, 0) is 32.9 Å². The number of halogens is 1. The van der Waals surface area contributed by atoms with Crippen LogP contribution in [-0.4, -0.2) is 24.2 Å². The Morgan fingerprint density at radius 3 is 2.25 bits per heavy atom. The molecular formula is C7H9BrO3V. The maximum absolute atomic E-state index is 10.9. The Hall–Kier alpha value is -0.0556. The van der Waals surface area contributed by atoms with Crippen molar-refractivity contribution in [3.8, 4) is 0 Å². The zero-order chi connectivity index (χ0) is 8.85. The molecule has 0 amide bonds. The Morgan fingerprint density at radius 2 is 2.00 bits per heavy atom. The monoisotopic (exact) mass is 271 g/mol. The van der Waals surface area contributed by atoms with Crippen molar-refractivity contribution in [2.45, 2.75) is 6.92 Å². The summed E-state index contributed by atoms with van der Waals surface area (Å²) >= 11 is 2.96. The van der Waals surface area contributed by atoms with Crippen molar-refractivity contribution in [3.63, 3.8) is 0 Å². The van der Waals surface area contributed by atoms with Gasteiger partial charge in [0.1, 0.15) is 0 Å². The normalized spacial score (nSPS) is 10.1. The summed E-state index contributed by atoms with van der Waals surface area (Å²) in [6, 6.07) is 0. The van der Waals surface area contributed by atoms with Gasteiger partial charge < -0.3 is 4.74 Å². The van der Waals surface area contributed by atoms with Gasteiger partial charge in [0.15, 0.2) is 5.78 Å². The molecule has 0 saturated carbocycles. The van der Waals surface area contributed by atoms with Crippen molar-refractivity contribution >= 4 is 27.7 Å². The van der Waals surface area contributed by atoms with Crippen LogP contribution < -0.4 is 0 Å². The van der Waals surface area contributed by atoms with Gasteiger partial charge in [-0.05, 0) is 6.92 Å². The van der Waals surface area contributed by atoms with Gasteiger partial charge in [-0.25, -0.2) is 4.79 Å². The summed E-state index contributed by atoms with van der Waals surface area (Å²) in [4.78, 5) is 21.7. The maximum atomic E-state index is 10.9. The van der Waals surface area contributed by atoms with Crippen molar-refractivity contribution < 1.29 is 32.9 Å². The zero-order valence-electron chi connectivity index (χ0n) is 6.83. The van der Waals surface area contributed by atoms with E-state index in [2.05, 4.69) is 20.7 Å². The number of ketones is 1. The zero-order valence-corrected chi connectivity index (χ0v) is 9.82. The molecule has 0 bridgehead atoms. The molecule has 0 aromatic heterocycles. The van der Waals surface area contributed by atoms with E-state index in [1.54, 1.807) is 6.92 Å². The number of alkyl halides is 1. The Bertz CT molecular complexity index is 183. The number of Topliss-reactive ketones (excluding diaryl/α,β-unsaturated/α-hetero) is 1. The van der Waals surface area contributed by atoms with E-state index in [1.165, 1.54) is 13.2 Å². The molecule has 3 nitrogen and oxygen atoms in total. The van der Waals surface area contributed by atoms with E-state index >= 15 is 0 Å².